The number of aromatic nitrogens is 2. The van der Waals surface area contributed by atoms with Gasteiger partial charge in [0.25, 0.3) is 5.91 Å². The molecular formula is C20H25N5O3S. The van der Waals surface area contributed by atoms with Gasteiger partial charge < -0.3 is 15.5 Å². The summed E-state index contributed by atoms with van der Waals surface area (Å²) in [5.74, 6) is -1.12. The fourth-order valence-electron chi connectivity index (χ4n) is 3.24. The van der Waals surface area contributed by atoms with Crippen molar-refractivity contribution >= 4 is 34.9 Å². The first-order chi connectivity index (χ1) is 13.8. The predicted octanol–water partition coefficient (Wildman–Crippen LogP) is 2.07. The summed E-state index contributed by atoms with van der Waals surface area (Å²) in [7, 11) is 0. The van der Waals surface area contributed by atoms with E-state index in [0.717, 1.165) is 35.5 Å². The van der Waals surface area contributed by atoms with Crippen molar-refractivity contribution in [2.24, 2.45) is 5.92 Å². The van der Waals surface area contributed by atoms with E-state index in [0.29, 0.717) is 35.9 Å². The second-order valence-electron chi connectivity index (χ2n) is 7.39. The summed E-state index contributed by atoms with van der Waals surface area (Å²) < 4.78 is 3.82. The van der Waals surface area contributed by atoms with Crippen LogP contribution in [0.2, 0.25) is 0 Å². The van der Waals surface area contributed by atoms with Crippen LogP contribution in [0.1, 0.15) is 39.3 Å². The molecule has 1 saturated heterocycles. The molecule has 29 heavy (non-hydrogen) atoms. The summed E-state index contributed by atoms with van der Waals surface area (Å²) in [6.45, 7) is 7.37. The molecule has 2 aromatic rings. The number of rotatable bonds is 4. The molecule has 3 amide bonds. The van der Waals surface area contributed by atoms with Crippen LogP contribution >= 0.6 is 11.5 Å². The Bertz CT molecular complexity index is 919. The van der Waals surface area contributed by atoms with Crippen molar-refractivity contribution in [3.63, 3.8) is 0 Å². The molecule has 1 aliphatic rings. The molecule has 0 radical (unpaired) electrons. The molecule has 154 valence electrons. The molecule has 0 spiro atoms. The zero-order chi connectivity index (χ0) is 21.0. The van der Waals surface area contributed by atoms with Crippen molar-refractivity contribution in [2.45, 2.75) is 33.6 Å². The molecular weight excluding hydrogens is 390 g/mol. The highest BCUT2D eigenvalue weighted by atomic mass is 32.1. The number of nitrogens with one attached hydrogen (secondary N) is 2. The van der Waals surface area contributed by atoms with Crippen LogP contribution in [0.15, 0.2) is 18.2 Å². The molecule has 3 rings (SSSR count). The van der Waals surface area contributed by atoms with Crippen molar-refractivity contribution in [3.05, 3.63) is 39.9 Å². The standard InChI is InChI=1S/C20H25N5O3S/c1-12-4-5-16(10-13(12)2)22-19(27)18(26)21-11-15-6-8-25(9-7-15)20(28)17-14(3)23-24-29-17/h4-5,10,15H,6-9,11H2,1-3H3,(H,21,26)(H,22,27). The maximum Gasteiger partial charge on any atom is 0.313 e. The molecule has 1 fully saturated rings. The van der Waals surface area contributed by atoms with Gasteiger partial charge in [0, 0.05) is 25.3 Å². The maximum atomic E-state index is 12.5. The topological polar surface area (TPSA) is 104 Å². The largest absolute Gasteiger partial charge is 0.348 e. The fourth-order valence-corrected chi connectivity index (χ4v) is 3.86. The second kappa shape index (κ2) is 9.13. The first kappa shape index (κ1) is 20.9. The molecule has 0 saturated carbocycles. The first-order valence-corrected chi connectivity index (χ1v) is 10.4. The lowest BCUT2D eigenvalue weighted by atomic mass is 9.96. The van der Waals surface area contributed by atoms with Gasteiger partial charge in [0.15, 0.2) is 0 Å². The maximum absolute atomic E-state index is 12.5. The number of carbonyl (C=O) groups excluding carboxylic acids is 3. The van der Waals surface area contributed by atoms with E-state index in [1.807, 2.05) is 26.0 Å². The Morgan fingerprint density at radius 1 is 1.10 bits per heavy atom. The van der Waals surface area contributed by atoms with E-state index in [2.05, 4.69) is 20.2 Å². The molecule has 0 aliphatic carbocycles. The summed E-state index contributed by atoms with van der Waals surface area (Å²) in [5.41, 5.74) is 3.44. The van der Waals surface area contributed by atoms with Gasteiger partial charge in [0.1, 0.15) is 4.88 Å². The van der Waals surface area contributed by atoms with E-state index in [-0.39, 0.29) is 11.8 Å². The molecule has 0 unspecified atom stereocenters. The van der Waals surface area contributed by atoms with Crippen molar-refractivity contribution in [3.8, 4) is 0 Å². The molecule has 0 atom stereocenters. The minimum absolute atomic E-state index is 0.0345. The highest BCUT2D eigenvalue weighted by Gasteiger charge is 2.26. The fraction of sp³-hybridized carbons (Fsp3) is 0.450. The lowest BCUT2D eigenvalue weighted by Gasteiger charge is -2.31. The van der Waals surface area contributed by atoms with Crippen LogP contribution in [0.4, 0.5) is 5.69 Å². The van der Waals surface area contributed by atoms with Gasteiger partial charge in [0.2, 0.25) is 0 Å². The monoisotopic (exact) mass is 415 g/mol. The number of hydrogen-bond acceptors (Lipinski definition) is 6. The molecule has 1 aliphatic heterocycles. The molecule has 1 aromatic carbocycles. The quantitative estimate of drug-likeness (QED) is 0.744. The molecule has 1 aromatic heterocycles. The average Bonchev–Trinajstić information content (AvgIpc) is 3.14. The molecule has 0 bridgehead atoms. The summed E-state index contributed by atoms with van der Waals surface area (Å²) in [6.07, 6.45) is 1.55. The van der Waals surface area contributed by atoms with Crippen molar-refractivity contribution in [1.29, 1.82) is 0 Å². The Balaban J connectivity index is 1.43. The van der Waals surface area contributed by atoms with Gasteiger partial charge in [0.05, 0.1) is 5.69 Å². The Labute approximate surface area is 173 Å². The van der Waals surface area contributed by atoms with Gasteiger partial charge in [-0.1, -0.05) is 10.6 Å². The van der Waals surface area contributed by atoms with Crippen molar-refractivity contribution in [2.75, 3.05) is 25.0 Å². The second-order valence-corrected chi connectivity index (χ2v) is 8.14. The highest BCUT2D eigenvalue weighted by molar-refractivity contribution is 7.07. The number of nitrogens with zero attached hydrogens (tertiary/aromatic N) is 3. The summed E-state index contributed by atoms with van der Waals surface area (Å²) in [5, 5.41) is 9.22. The Hall–Kier alpha value is -2.81. The van der Waals surface area contributed by atoms with Crippen LogP contribution in [-0.4, -0.2) is 51.8 Å². The van der Waals surface area contributed by atoms with E-state index in [1.165, 1.54) is 0 Å². The van der Waals surface area contributed by atoms with Gasteiger partial charge in [-0.3, -0.25) is 14.4 Å². The van der Waals surface area contributed by atoms with Crippen LogP contribution < -0.4 is 10.6 Å². The SMILES string of the molecule is Cc1ccc(NC(=O)C(=O)NCC2CCN(C(=O)c3snnc3C)CC2)cc1C. The number of hydrogen-bond donors (Lipinski definition) is 2. The normalized spacial score (nSPS) is 14.5. The van der Waals surface area contributed by atoms with Crippen LogP contribution in [0.5, 0.6) is 0 Å². The zero-order valence-electron chi connectivity index (χ0n) is 16.8. The number of amides is 3. The molecule has 9 heteroatoms. The highest BCUT2D eigenvalue weighted by Crippen LogP contribution is 2.20. The van der Waals surface area contributed by atoms with E-state index >= 15 is 0 Å². The van der Waals surface area contributed by atoms with Crippen LogP contribution in [0.25, 0.3) is 0 Å². The molecule has 2 heterocycles. The number of piperidine rings is 1. The van der Waals surface area contributed by atoms with Crippen molar-refractivity contribution in [1.82, 2.24) is 19.8 Å². The summed E-state index contributed by atoms with van der Waals surface area (Å²) in [4.78, 5) is 39.1. The van der Waals surface area contributed by atoms with Crippen LogP contribution in [0, 0.1) is 26.7 Å². The number of carbonyl (C=O) groups is 3. The van der Waals surface area contributed by atoms with Crippen LogP contribution in [-0.2, 0) is 9.59 Å². The van der Waals surface area contributed by atoms with Gasteiger partial charge >= 0.3 is 11.8 Å². The zero-order valence-corrected chi connectivity index (χ0v) is 17.6. The minimum Gasteiger partial charge on any atom is -0.348 e. The third-order valence-electron chi connectivity index (χ3n) is 5.27. The molecule has 8 nitrogen and oxygen atoms in total. The predicted molar refractivity (Wildman–Crippen MR) is 111 cm³/mol. The van der Waals surface area contributed by atoms with Gasteiger partial charge in [-0.05, 0) is 74.3 Å². The van der Waals surface area contributed by atoms with E-state index in [9.17, 15) is 14.4 Å². The number of benzene rings is 1. The van der Waals surface area contributed by atoms with E-state index < -0.39 is 11.8 Å². The number of aryl methyl sites for hydroxylation is 3. The van der Waals surface area contributed by atoms with Crippen molar-refractivity contribution < 1.29 is 14.4 Å². The Morgan fingerprint density at radius 3 is 2.45 bits per heavy atom. The van der Waals surface area contributed by atoms with Gasteiger partial charge in [-0.2, -0.15) is 0 Å². The number of likely N-dealkylation sites (tertiary alicyclic amines) is 1. The third kappa shape index (κ3) is 5.17. The third-order valence-corrected chi connectivity index (χ3v) is 6.09. The van der Waals surface area contributed by atoms with Gasteiger partial charge in [-0.25, -0.2) is 0 Å². The summed E-state index contributed by atoms with van der Waals surface area (Å²) >= 11 is 1.12. The number of anilines is 1. The lowest BCUT2D eigenvalue weighted by molar-refractivity contribution is -0.136. The Kier molecular flexibility index (Phi) is 6.58. The Morgan fingerprint density at radius 2 is 1.83 bits per heavy atom. The van der Waals surface area contributed by atoms with E-state index in [1.54, 1.807) is 17.9 Å². The van der Waals surface area contributed by atoms with Crippen LogP contribution in [0.3, 0.4) is 0 Å². The molecule has 2 N–H and O–H groups in total. The van der Waals surface area contributed by atoms with E-state index in [4.69, 9.17) is 0 Å². The first-order valence-electron chi connectivity index (χ1n) is 9.60. The van der Waals surface area contributed by atoms with Gasteiger partial charge in [-0.15, -0.1) is 5.10 Å². The summed E-state index contributed by atoms with van der Waals surface area (Å²) in [6, 6.07) is 5.52. The average molecular weight is 416 g/mol. The minimum atomic E-state index is -0.672. The smallest absolute Gasteiger partial charge is 0.313 e. The lowest BCUT2D eigenvalue weighted by Crippen LogP contribution is -2.43.